The molecular weight excluding hydrogens is 348 g/mol. The minimum absolute atomic E-state index is 0.161. The van der Waals surface area contributed by atoms with Crippen LogP contribution >= 0.6 is 22.7 Å². The summed E-state index contributed by atoms with van der Waals surface area (Å²) in [6.07, 6.45) is 5.48. The van der Waals surface area contributed by atoms with E-state index >= 15 is 0 Å². The van der Waals surface area contributed by atoms with Gasteiger partial charge in [-0.05, 0) is 74.5 Å². The van der Waals surface area contributed by atoms with Crippen LogP contribution in [0.4, 0.5) is 0 Å². The third-order valence-electron chi connectivity index (χ3n) is 5.23. The summed E-state index contributed by atoms with van der Waals surface area (Å²) < 4.78 is 0. The molecule has 0 aromatic carbocycles. The summed E-state index contributed by atoms with van der Waals surface area (Å²) in [5, 5.41) is 7.35. The molecule has 0 spiro atoms. The second-order valence-corrected chi connectivity index (χ2v) is 9.28. The van der Waals surface area contributed by atoms with E-state index in [2.05, 4.69) is 41.8 Å². The number of hydrogen-bond acceptors (Lipinski definition) is 4. The Bertz CT molecular complexity index is 629. The maximum Gasteiger partial charge on any atom is 0.225 e. The van der Waals surface area contributed by atoms with E-state index in [0.717, 1.165) is 17.3 Å². The van der Waals surface area contributed by atoms with Gasteiger partial charge in [-0.15, -0.1) is 22.7 Å². The summed E-state index contributed by atoms with van der Waals surface area (Å²) in [6.45, 7) is 0.836. The first-order chi connectivity index (χ1) is 12.1. The zero-order valence-corrected chi connectivity index (χ0v) is 16.7. The van der Waals surface area contributed by atoms with Crippen LogP contribution in [0.1, 0.15) is 41.5 Å². The van der Waals surface area contributed by atoms with Gasteiger partial charge in [0.2, 0.25) is 5.91 Å². The number of rotatable bonds is 7. The molecule has 0 radical (unpaired) electrons. The molecule has 3 nitrogen and oxygen atoms in total. The Hall–Kier alpha value is -1.17. The summed E-state index contributed by atoms with van der Waals surface area (Å²) >= 11 is 3.52. The molecular formula is C20H28N2OS2. The topological polar surface area (TPSA) is 32.3 Å². The number of thiophene rings is 2. The van der Waals surface area contributed by atoms with Crippen LogP contribution in [0.25, 0.3) is 0 Å². The molecule has 25 heavy (non-hydrogen) atoms. The van der Waals surface area contributed by atoms with Gasteiger partial charge in [0.05, 0.1) is 6.42 Å². The fourth-order valence-corrected chi connectivity index (χ4v) is 5.69. The largest absolute Gasteiger partial charge is 0.356 e. The molecule has 1 unspecified atom stereocenters. The minimum Gasteiger partial charge on any atom is -0.356 e. The summed E-state index contributed by atoms with van der Waals surface area (Å²) in [5.41, 5.74) is 0. The smallest absolute Gasteiger partial charge is 0.225 e. The van der Waals surface area contributed by atoms with Crippen molar-refractivity contribution in [2.75, 3.05) is 20.6 Å². The Morgan fingerprint density at radius 1 is 1.16 bits per heavy atom. The Morgan fingerprint density at radius 3 is 2.48 bits per heavy atom. The second kappa shape index (κ2) is 8.97. The van der Waals surface area contributed by atoms with Gasteiger partial charge in [-0.25, -0.2) is 0 Å². The van der Waals surface area contributed by atoms with Crippen molar-refractivity contribution < 1.29 is 4.79 Å². The Labute approximate surface area is 159 Å². The van der Waals surface area contributed by atoms with E-state index in [1.54, 1.807) is 11.3 Å². The van der Waals surface area contributed by atoms with Gasteiger partial charge < -0.3 is 10.2 Å². The van der Waals surface area contributed by atoms with Crippen molar-refractivity contribution in [3.8, 4) is 0 Å². The Morgan fingerprint density at radius 2 is 1.88 bits per heavy atom. The van der Waals surface area contributed by atoms with Gasteiger partial charge in [-0.1, -0.05) is 12.1 Å². The molecule has 2 aromatic heterocycles. The predicted octanol–water partition coefficient (Wildman–Crippen LogP) is 4.58. The zero-order chi connectivity index (χ0) is 17.6. The van der Waals surface area contributed by atoms with Crippen molar-refractivity contribution in [2.24, 2.45) is 11.8 Å². The first-order valence-corrected chi connectivity index (χ1v) is 10.9. The summed E-state index contributed by atoms with van der Waals surface area (Å²) in [7, 11) is 4.39. The average molecular weight is 377 g/mol. The van der Waals surface area contributed by atoms with Gasteiger partial charge in [-0.3, -0.25) is 4.79 Å². The molecule has 1 fully saturated rings. The molecule has 1 N–H and O–H groups in total. The van der Waals surface area contributed by atoms with Crippen LogP contribution in [0.3, 0.4) is 0 Å². The first kappa shape index (κ1) is 18.6. The number of carbonyl (C=O) groups excluding carboxylic acids is 1. The van der Waals surface area contributed by atoms with Gasteiger partial charge in [0.25, 0.3) is 0 Å². The van der Waals surface area contributed by atoms with E-state index in [0.29, 0.717) is 18.4 Å². The fourth-order valence-electron chi connectivity index (χ4n) is 3.97. The van der Waals surface area contributed by atoms with Crippen molar-refractivity contribution in [1.82, 2.24) is 10.2 Å². The molecule has 1 aliphatic rings. The van der Waals surface area contributed by atoms with Crippen LogP contribution in [0, 0.1) is 11.8 Å². The van der Waals surface area contributed by atoms with Crippen molar-refractivity contribution in [3.63, 3.8) is 0 Å². The molecule has 136 valence electrons. The fraction of sp³-hybridized carbons (Fsp3) is 0.550. The van der Waals surface area contributed by atoms with Crippen LogP contribution in [-0.4, -0.2) is 31.4 Å². The van der Waals surface area contributed by atoms with Crippen molar-refractivity contribution >= 4 is 28.6 Å². The molecule has 0 saturated heterocycles. The standard InChI is InChI=1S/C20H28N2OS2/c1-22(2)20(18-6-4-12-25-18)16-9-7-15(8-10-16)14-21-19(23)13-17-5-3-11-24-17/h3-6,11-12,15-16,20H,7-10,13-14H2,1-2H3,(H,21,23). The van der Waals surface area contributed by atoms with E-state index in [9.17, 15) is 4.79 Å². The average Bonchev–Trinajstić information content (AvgIpc) is 3.28. The molecule has 2 heterocycles. The SMILES string of the molecule is CN(C)C(c1cccs1)C1CCC(CNC(=O)Cc2cccs2)CC1. The Balaban J connectivity index is 1.44. The van der Waals surface area contributed by atoms with Crippen LogP contribution in [-0.2, 0) is 11.2 Å². The van der Waals surface area contributed by atoms with E-state index < -0.39 is 0 Å². The normalized spacial score (nSPS) is 22.0. The highest BCUT2D eigenvalue weighted by atomic mass is 32.1. The van der Waals surface area contributed by atoms with Crippen molar-refractivity contribution in [1.29, 1.82) is 0 Å². The van der Waals surface area contributed by atoms with Crippen LogP contribution in [0.15, 0.2) is 35.0 Å². The molecule has 1 atom stereocenters. The zero-order valence-electron chi connectivity index (χ0n) is 15.1. The lowest BCUT2D eigenvalue weighted by molar-refractivity contribution is -0.120. The number of nitrogens with one attached hydrogen (secondary N) is 1. The molecule has 5 heteroatoms. The summed E-state index contributed by atoms with van der Waals surface area (Å²) in [5.74, 6) is 1.52. The molecule has 3 rings (SSSR count). The van der Waals surface area contributed by atoms with Crippen molar-refractivity contribution in [3.05, 3.63) is 44.8 Å². The highest BCUT2D eigenvalue weighted by Crippen LogP contribution is 2.40. The van der Waals surface area contributed by atoms with E-state index in [1.165, 1.54) is 30.6 Å². The first-order valence-electron chi connectivity index (χ1n) is 9.12. The predicted molar refractivity (Wildman–Crippen MR) is 107 cm³/mol. The van der Waals surface area contributed by atoms with Gasteiger partial charge in [-0.2, -0.15) is 0 Å². The lowest BCUT2D eigenvalue weighted by atomic mass is 9.77. The third kappa shape index (κ3) is 5.16. The lowest BCUT2D eigenvalue weighted by Crippen LogP contribution is -2.34. The summed E-state index contributed by atoms with van der Waals surface area (Å²) in [4.78, 5) is 17.1. The monoisotopic (exact) mass is 376 g/mol. The van der Waals surface area contributed by atoms with Crippen LogP contribution in [0.5, 0.6) is 0 Å². The second-order valence-electron chi connectivity index (χ2n) is 7.26. The third-order valence-corrected chi connectivity index (χ3v) is 7.05. The maximum atomic E-state index is 12.1. The molecule has 1 amide bonds. The number of hydrogen-bond donors (Lipinski definition) is 1. The van der Waals surface area contributed by atoms with Gasteiger partial charge in [0.15, 0.2) is 0 Å². The quantitative estimate of drug-likeness (QED) is 0.767. The minimum atomic E-state index is 0.161. The van der Waals surface area contributed by atoms with Gasteiger partial charge in [0, 0.05) is 22.3 Å². The Kier molecular flexibility index (Phi) is 6.68. The van der Waals surface area contributed by atoms with Crippen LogP contribution in [0.2, 0.25) is 0 Å². The molecule has 0 bridgehead atoms. The molecule has 0 aliphatic heterocycles. The molecule has 2 aromatic rings. The number of nitrogens with zero attached hydrogens (tertiary/aromatic N) is 1. The van der Waals surface area contributed by atoms with E-state index in [4.69, 9.17) is 0 Å². The number of amides is 1. The summed E-state index contributed by atoms with van der Waals surface area (Å²) in [6, 6.07) is 9.00. The lowest BCUT2D eigenvalue weighted by Gasteiger charge is -2.37. The van der Waals surface area contributed by atoms with Crippen molar-refractivity contribution in [2.45, 2.75) is 38.1 Å². The highest BCUT2D eigenvalue weighted by molar-refractivity contribution is 7.10. The van der Waals surface area contributed by atoms with Crippen LogP contribution < -0.4 is 5.32 Å². The van der Waals surface area contributed by atoms with E-state index in [-0.39, 0.29) is 5.91 Å². The highest BCUT2D eigenvalue weighted by Gasteiger charge is 2.30. The molecule has 1 saturated carbocycles. The van der Waals surface area contributed by atoms with E-state index in [1.807, 2.05) is 28.8 Å². The van der Waals surface area contributed by atoms with Gasteiger partial charge >= 0.3 is 0 Å². The number of carbonyl (C=O) groups is 1. The maximum absolute atomic E-state index is 12.1. The molecule has 1 aliphatic carbocycles. The van der Waals surface area contributed by atoms with Gasteiger partial charge in [0.1, 0.15) is 0 Å².